The average molecular weight is 271 g/mol. The predicted octanol–water partition coefficient (Wildman–Crippen LogP) is 4.03. The maximum atomic E-state index is 12.5. The molecule has 0 bridgehead atoms. The smallest absolute Gasteiger partial charge is 0.264 e. The van der Waals surface area contributed by atoms with E-state index in [1.165, 1.54) is 22.5 Å². The van der Waals surface area contributed by atoms with Crippen LogP contribution >= 0.6 is 11.3 Å². The summed E-state index contributed by atoms with van der Waals surface area (Å²) in [4.78, 5) is 15.4. The van der Waals surface area contributed by atoms with E-state index in [2.05, 4.69) is 31.2 Å². The monoisotopic (exact) mass is 271 g/mol. The highest BCUT2D eigenvalue weighted by Gasteiger charge is 2.30. The van der Waals surface area contributed by atoms with Crippen LogP contribution in [-0.4, -0.2) is 17.4 Å². The van der Waals surface area contributed by atoms with Crippen molar-refractivity contribution < 1.29 is 4.79 Å². The Hall–Kier alpha value is -1.61. The van der Waals surface area contributed by atoms with Crippen molar-refractivity contribution in [2.75, 3.05) is 6.54 Å². The Morgan fingerprint density at radius 2 is 2.05 bits per heavy atom. The van der Waals surface area contributed by atoms with Crippen molar-refractivity contribution in [3.63, 3.8) is 0 Å². The SMILES string of the molecule is Cc1ccc([C@H]2CCCN2C(=O)c2cccs2)cc1. The van der Waals surface area contributed by atoms with Gasteiger partial charge in [-0.1, -0.05) is 35.9 Å². The minimum Gasteiger partial charge on any atom is -0.331 e. The van der Waals surface area contributed by atoms with Crippen LogP contribution in [0.3, 0.4) is 0 Å². The van der Waals surface area contributed by atoms with Gasteiger partial charge >= 0.3 is 0 Å². The van der Waals surface area contributed by atoms with Crippen molar-refractivity contribution in [1.82, 2.24) is 4.90 Å². The van der Waals surface area contributed by atoms with Crippen LogP contribution in [0.5, 0.6) is 0 Å². The molecule has 3 rings (SSSR count). The molecule has 0 radical (unpaired) electrons. The number of aryl methyl sites for hydroxylation is 1. The molecular weight excluding hydrogens is 254 g/mol. The Labute approximate surface area is 117 Å². The normalized spacial score (nSPS) is 18.8. The van der Waals surface area contributed by atoms with Crippen molar-refractivity contribution in [3.05, 3.63) is 57.8 Å². The van der Waals surface area contributed by atoms with Gasteiger partial charge in [-0.2, -0.15) is 0 Å². The maximum absolute atomic E-state index is 12.5. The number of likely N-dealkylation sites (tertiary alicyclic amines) is 1. The van der Waals surface area contributed by atoms with Crippen LogP contribution in [0, 0.1) is 6.92 Å². The van der Waals surface area contributed by atoms with E-state index < -0.39 is 0 Å². The zero-order valence-electron chi connectivity index (χ0n) is 11.0. The number of amides is 1. The number of hydrogen-bond donors (Lipinski definition) is 0. The summed E-state index contributed by atoms with van der Waals surface area (Å²) in [5.74, 6) is 0.179. The lowest BCUT2D eigenvalue weighted by Gasteiger charge is -2.24. The van der Waals surface area contributed by atoms with Crippen molar-refractivity contribution in [2.45, 2.75) is 25.8 Å². The van der Waals surface area contributed by atoms with Crippen molar-refractivity contribution >= 4 is 17.2 Å². The number of benzene rings is 1. The van der Waals surface area contributed by atoms with Gasteiger partial charge in [-0.15, -0.1) is 11.3 Å². The van der Waals surface area contributed by atoms with Gasteiger partial charge in [0.25, 0.3) is 5.91 Å². The third-order valence-corrected chi connectivity index (χ3v) is 4.57. The van der Waals surface area contributed by atoms with E-state index in [0.717, 1.165) is 24.3 Å². The van der Waals surface area contributed by atoms with Crippen LogP contribution in [0.4, 0.5) is 0 Å². The topological polar surface area (TPSA) is 20.3 Å². The number of thiophene rings is 1. The first-order chi connectivity index (χ1) is 9.25. The summed E-state index contributed by atoms with van der Waals surface area (Å²) in [7, 11) is 0. The standard InChI is InChI=1S/C16H17NOS/c1-12-6-8-13(9-7-12)14-4-2-10-17(14)16(18)15-5-3-11-19-15/h3,5-9,11,14H,2,4,10H2,1H3/t14-/m1/s1. The molecule has 1 fully saturated rings. The molecular formula is C16H17NOS. The largest absolute Gasteiger partial charge is 0.331 e. The molecule has 3 heteroatoms. The fourth-order valence-corrected chi connectivity index (χ4v) is 3.37. The first-order valence-corrected chi connectivity index (χ1v) is 7.55. The lowest BCUT2D eigenvalue weighted by atomic mass is 10.0. The zero-order chi connectivity index (χ0) is 13.2. The molecule has 0 unspecified atom stereocenters. The molecule has 2 nitrogen and oxygen atoms in total. The molecule has 1 aromatic carbocycles. The second-order valence-corrected chi connectivity index (χ2v) is 5.99. The third-order valence-electron chi connectivity index (χ3n) is 3.71. The van der Waals surface area contributed by atoms with Crippen LogP contribution in [0.1, 0.15) is 39.7 Å². The van der Waals surface area contributed by atoms with Gasteiger partial charge in [0.2, 0.25) is 0 Å². The van der Waals surface area contributed by atoms with Crippen molar-refractivity contribution in [2.24, 2.45) is 0 Å². The second kappa shape index (κ2) is 5.17. The predicted molar refractivity (Wildman–Crippen MR) is 78.5 cm³/mol. The van der Waals surface area contributed by atoms with E-state index in [-0.39, 0.29) is 11.9 Å². The summed E-state index contributed by atoms with van der Waals surface area (Å²) in [6.07, 6.45) is 2.16. The molecule has 1 atom stereocenters. The number of rotatable bonds is 2. The second-order valence-electron chi connectivity index (χ2n) is 5.04. The molecule has 1 amide bonds. The van der Waals surface area contributed by atoms with Crippen LogP contribution in [0.25, 0.3) is 0 Å². The van der Waals surface area contributed by atoms with E-state index >= 15 is 0 Å². The fourth-order valence-electron chi connectivity index (χ4n) is 2.69. The summed E-state index contributed by atoms with van der Waals surface area (Å²) in [5, 5.41) is 1.96. The molecule has 1 saturated heterocycles. The first-order valence-electron chi connectivity index (χ1n) is 6.67. The molecule has 98 valence electrons. The van der Waals surface area contributed by atoms with E-state index in [4.69, 9.17) is 0 Å². The quantitative estimate of drug-likeness (QED) is 0.807. The molecule has 0 spiro atoms. The van der Waals surface area contributed by atoms with Crippen molar-refractivity contribution in [3.8, 4) is 0 Å². The summed E-state index contributed by atoms with van der Waals surface area (Å²) in [6, 6.07) is 12.7. The number of carbonyl (C=O) groups is 1. The third kappa shape index (κ3) is 2.43. The highest BCUT2D eigenvalue weighted by atomic mass is 32.1. The molecule has 0 N–H and O–H groups in total. The highest BCUT2D eigenvalue weighted by Crippen LogP contribution is 2.33. The molecule has 19 heavy (non-hydrogen) atoms. The summed E-state index contributed by atoms with van der Waals surface area (Å²) in [5.41, 5.74) is 2.52. The van der Waals surface area contributed by atoms with Gasteiger partial charge in [-0.3, -0.25) is 4.79 Å². The maximum Gasteiger partial charge on any atom is 0.264 e. The molecule has 1 aliphatic rings. The Morgan fingerprint density at radius 1 is 1.26 bits per heavy atom. The van der Waals surface area contributed by atoms with Gasteiger partial charge in [0.15, 0.2) is 0 Å². The Morgan fingerprint density at radius 3 is 2.74 bits per heavy atom. The fraction of sp³-hybridized carbons (Fsp3) is 0.312. The summed E-state index contributed by atoms with van der Waals surface area (Å²) >= 11 is 1.53. The Balaban J connectivity index is 1.85. The van der Waals surface area contributed by atoms with Gasteiger partial charge in [0.1, 0.15) is 0 Å². The van der Waals surface area contributed by atoms with E-state index in [1.54, 1.807) is 0 Å². The Kier molecular flexibility index (Phi) is 3.38. The first kappa shape index (κ1) is 12.4. The van der Waals surface area contributed by atoms with Crippen molar-refractivity contribution in [1.29, 1.82) is 0 Å². The molecule has 1 aromatic heterocycles. The van der Waals surface area contributed by atoms with Crippen LogP contribution < -0.4 is 0 Å². The van der Waals surface area contributed by atoms with E-state index in [1.807, 2.05) is 22.4 Å². The summed E-state index contributed by atoms with van der Waals surface area (Å²) < 4.78 is 0. The van der Waals surface area contributed by atoms with Gasteiger partial charge in [0.05, 0.1) is 10.9 Å². The number of nitrogens with zero attached hydrogens (tertiary/aromatic N) is 1. The van der Waals surface area contributed by atoms with Crippen LogP contribution in [-0.2, 0) is 0 Å². The zero-order valence-corrected chi connectivity index (χ0v) is 11.8. The summed E-state index contributed by atoms with van der Waals surface area (Å²) in [6.45, 7) is 2.96. The average Bonchev–Trinajstić information content (AvgIpc) is 3.10. The minimum atomic E-state index is 0.179. The molecule has 0 saturated carbocycles. The van der Waals surface area contributed by atoms with E-state index in [0.29, 0.717) is 0 Å². The van der Waals surface area contributed by atoms with Crippen LogP contribution in [0.2, 0.25) is 0 Å². The van der Waals surface area contributed by atoms with Gasteiger partial charge < -0.3 is 4.90 Å². The van der Waals surface area contributed by atoms with Crippen LogP contribution in [0.15, 0.2) is 41.8 Å². The molecule has 1 aliphatic heterocycles. The number of hydrogen-bond acceptors (Lipinski definition) is 2. The lowest BCUT2D eigenvalue weighted by molar-refractivity contribution is 0.0740. The minimum absolute atomic E-state index is 0.179. The molecule has 2 heterocycles. The van der Waals surface area contributed by atoms with Gasteiger partial charge in [0, 0.05) is 6.54 Å². The molecule has 2 aromatic rings. The van der Waals surface area contributed by atoms with E-state index in [9.17, 15) is 4.79 Å². The van der Waals surface area contributed by atoms with Gasteiger partial charge in [-0.05, 0) is 36.8 Å². The molecule has 0 aliphatic carbocycles. The Bertz CT molecular complexity index is 559. The van der Waals surface area contributed by atoms with Gasteiger partial charge in [-0.25, -0.2) is 0 Å². The lowest BCUT2D eigenvalue weighted by Crippen LogP contribution is -2.29. The number of carbonyl (C=O) groups excluding carboxylic acids is 1. The highest BCUT2D eigenvalue weighted by molar-refractivity contribution is 7.12.